The van der Waals surface area contributed by atoms with Crippen LogP contribution in [0.25, 0.3) is 0 Å². The second-order valence-corrected chi connectivity index (χ2v) is 8.40. The molecular weight excluding hydrogens is 452 g/mol. The summed E-state index contributed by atoms with van der Waals surface area (Å²) in [6, 6.07) is 13.0. The summed E-state index contributed by atoms with van der Waals surface area (Å²) in [7, 11) is 4.58. The van der Waals surface area contributed by atoms with Crippen molar-refractivity contribution in [3.63, 3.8) is 0 Å². The second-order valence-electron chi connectivity index (χ2n) is 8.40. The molecule has 1 aliphatic rings. The summed E-state index contributed by atoms with van der Waals surface area (Å²) in [5.74, 6) is 0.150. The van der Waals surface area contributed by atoms with E-state index in [9.17, 15) is 14.4 Å². The molecule has 1 N–H and O–H groups in total. The van der Waals surface area contributed by atoms with Crippen molar-refractivity contribution in [1.29, 1.82) is 0 Å². The number of fused-ring (bicyclic) bond motifs is 1. The third-order valence-electron chi connectivity index (χ3n) is 5.96. The van der Waals surface area contributed by atoms with E-state index >= 15 is 0 Å². The van der Waals surface area contributed by atoms with Gasteiger partial charge in [0.05, 0.1) is 20.8 Å². The van der Waals surface area contributed by atoms with E-state index in [0.717, 1.165) is 16.7 Å². The van der Waals surface area contributed by atoms with Crippen LogP contribution in [-0.2, 0) is 38.5 Å². The molecule has 188 valence electrons. The highest BCUT2D eigenvalue weighted by molar-refractivity contribution is 5.90. The first-order chi connectivity index (χ1) is 16.8. The number of nitrogens with one attached hydrogen (secondary N) is 1. The summed E-state index contributed by atoms with van der Waals surface area (Å²) in [4.78, 5) is 39.5. The minimum atomic E-state index is -1.26. The lowest BCUT2D eigenvalue weighted by atomic mass is 9.77. The number of amides is 2. The maximum atomic E-state index is 13.0. The molecule has 0 saturated heterocycles. The van der Waals surface area contributed by atoms with E-state index in [0.29, 0.717) is 24.3 Å². The first kappa shape index (κ1) is 25.9. The zero-order valence-electron chi connectivity index (χ0n) is 20.6. The van der Waals surface area contributed by atoms with Gasteiger partial charge >= 0.3 is 12.1 Å². The molecule has 0 aromatic heterocycles. The highest BCUT2D eigenvalue weighted by Crippen LogP contribution is 2.37. The molecule has 2 aromatic rings. The van der Waals surface area contributed by atoms with Gasteiger partial charge in [-0.25, -0.2) is 9.59 Å². The van der Waals surface area contributed by atoms with Gasteiger partial charge in [-0.3, -0.25) is 4.79 Å². The molecule has 9 heteroatoms. The standard InChI is InChI=1S/C26H32N2O7/c1-5-34-24(30)26(12-11-19-13-21(32-3)22(33-4)14-20(19)15-26)27-23(29)16-28(2)25(31)35-17-18-9-7-6-8-10-18/h6-10,13-14H,5,11-12,15-17H2,1-4H3,(H,27,29). The van der Waals surface area contributed by atoms with Gasteiger partial charge in [0.15, 0.2) is 11.5 Å². The van der Waals surface area contributed by atoms with Crippen molar-refractivity contribution >= 4 is 18.0 Å². The van der Waals surface area contributed by atoms with Crippen LogP contribution in [0.1, 0.15) is 30.0 Å². The molecule has 0 heterocycles. The third-order valence-corrected chi connectivity index (χ3v) is 5.96. The first-order valence-electron chi connectivity index (χ1n) is 11.5. The molecule has 1 unspecified atom stereocenters. The molecule has 0 spiro atoms. The fourth-order valence-electron chi connectivity index (χ4n) is 4.14. The fraction of sp³-hybridized carbons (Fsp3) is 0.423. The Bertz CT molecular complexity index is 1060. The van der Waals surface area contributed by atoms with Gasteiger partial charge in [-0.1, -0.05) is 30.3 Å². The quantitative estimate of drug-likeness (QED) is 0.546. The Hall–Kier alpha value is -3.75. The van der Waals surface area contributed by atoms with E-state index in [1.54, 1.807) is 21.1 Å². The number of esters is 1. The van der Waals surface area contributed by atoms with Crippen molar-refractivity contribution in [1.82, 2.24) is 10.2 Å². The maximum absolute atomic E-state index is 13.0. The van der Waals surface area contributed by atoms with E-state index in [1.165, 1.54) is 11.9 Å². The summed E-state index contributed by atoms with van der Waals surface area (Å²) in [5.41, 5.74) is 1.46. The number of benzene rings is 2. The molecule has 0 saturated carbocycles. The topological polar surface area (TPSA) is 103 Å². The van der Waals surface area contributed by atoms with Crippen LogP contribution < -0.4 is 14.8 Å². The number of likely N-dealkylation sites (N-methyl/N-ethyl adjacent to an activating group) is 1. The Morgan fingerprint density at radius 2 is 1.66 bits per heavy atom. The van der Waals surface area contributed by atoms with Crippen LogP contribution >= 0.6 is 0 Å². The fourth-order valence-corrected chi connectivity index (χ4v) is 4.14. The number of hydrogen-bond donors (Lipinski definition) is 1. The molecular formula is C26H32N2O7. The average molecular weight is 485 g/mol. The normalized spacial score (nSPS) is 16.5. The van der Waals surface area contributed by atoms with Gasteiger partial charge in [0.25, 0.3) is 0 Å². The van der Waals surface area contributed by atoms with Gasteiger partial charge in [0.1, 0.15) is 18.7 Å². The zero-order chi connectivity index (χ0) is 25.4. The number of nitrogens with zero attached hydrogens (tertiary/aromatic N) is 1. The number of carbonyl (C=O) groups excluding carboxylic acids is 3. The monoisotopic (exact) mass is 484 g/mol. The average Bonchev–Trinajstić information content (AvgIpc) is 2.86. The summed E-state index contributed by atoms with van der Waals surface area (Å²) in [6.07, 6.45) is 0.474. The largest absolute Gasteiger partial charge is 0.493 e. The minimum absolute atomic E-state index is 0.0977. The van der Waals surface area contributed by atoms with Gasteiger partial charge in [0.2, 0.25) is 5.91 Å². The van der Waals surface area contributed by atoms with Crippen LogP contribution in [0.5, 0.6) is 11.5 Å². The van der Waals surface area contributed by atoms with E-state index in [4.69, 9.17) is 18.9 Å². The molecule has 9 nitrogen and oxygen atoms in total. The van der Waals surface area contributed by atoms with E-state index < -0.39 is 23.5 Å². The van der Waals surface area contributed by atoms with Crippen LogP contribution in [-0.4, -0.2) is 62.8 Å². The smallest absolute Gasteiger partial charge is 0.410 e. The SMILES string of the molecule is CCOC(=O)C1(NC(=O)CN(C)C(=O)OCc2ccccc2)CCc2cc(OC)c(OC)cc2C1. The first-order valence-corrected chi connectivity index (χ1v) is 11.5. The van der Waals surface area contributed by atoms with Crippen molar-refractivity contribution in [2.24, 2.45) is 0 Å². The van der Waals surface area contributed by atoms with Gasteiger partial charge in [-0.2, -0.15) is 0 Å². The number of carbonyl (C=O) groups is 3. The Labute approximate surface area is 205 Å². The summed E-state index contributed by atoms with van der Waals surface area (Å²) in [6.45, 7) is 1.73. The zero-order valence-corrected chi connectivity index (χ0v) is 20.6. The number of hydrogen-bond acceptors (Lipinski definition) is 7. The maximum Gasteiger partial charge on any atom is 0.410 e. The molecule has 3 rings (SSSR count). The number of methoxy groups -OCH3 is 2. The van der Waals surface area contributed by atoms with Gasteiger partial charge in [-0.15, -0.1) is 0 Å². The minimum Gasteiger partial charge on any atom is -0.493 e. The van der Waals surface area contributed by atoms with Gasteiger partial charge in [-0.05, 0) is 48.6 Å². The molecule has 0 aliphatic heterocycles. The lowest BCUT2D eigenvalue weighted by Crippen LogP contribution is -2.60. The lowest BCUT2D eigenvalue weighted by Gasteiger charge is -2.37. The predicted octanol–water partition coefficient (Wildman–Crippen LogP) is 2.88. The summed E-state index contributed by atoms with van der Waals surface area (Å²) < 4.78 is 21.4. The summed E-state index contributed by atoms with van der Waals surface area (Å²) in [5, 5.41) is 2.85. The molecule has 0 bridgehead atoms. The molecule has 0 radical (unpaired) electrons. The highest BCUT2D eigenvalue weighted by atomic mass is 16.6. The number of aryl methyl sites for hydroxylation is 1. The Balaban J connectivity index is 1.71. The van der Waals surface area contributed by atoms with Crippen molar-refractivity contribution in [2.75, 3.05) is 34.4 Å². The summed E-state index contributed by atoms with van der Waals surface area (Å²) >= 11 is 0. The van der Waals surface area contributed by atoms with Crippen LogP contribution in [0.2, 0.25) is 0 Å². The molecule has 1 aliphatic carbocycles. The van der Waals surface area contributed by atoms with Crippen molar-refractivity contribution in [3.05, 3.63) is 59.2 Å². The molecule has 1 atom stereocenters. The number of ether oxygens (including phenoxy) is 4. The van der Waals surface area contributed by atoms with Gasteiger partial charge in [0, 0.05) is 13.5 Å². The Kier molecular flexibility index (Phi) is 8.57. The van der Waals surface area contributed by atoms with Crippen LogP contribution in [0.15, 0.2) is 42.5 Å². The van der Waals surface area contributed by atoms with Crippen molar-refractivity contribution < 1.29 is 33.3 Å². The number of rotatable bonds is 9. The predicted molar refractivity (Wildman–Crippen MR) is 128 cm³/mol. The molecule has 2 amide bonds. The van der Waals surface area contributed by atoms with Crippen molar-refractivity contribution in [3.8, 4) is 11.5 Å². The molecule has 2 aromatic carbocycles. The van der Waals surface area contributed by atoms with E-state index in [1.807, 2.05) is 42.5 Å². The van der Waals surface area contributed by atoms with Gasteiger partial charge < -0.3 is 29.2 Å². The van der Waals surface area contributed by atoms with E-state index in [2.05, 4.69) is 5.32 Å². The van der Waals surface area contributed by atoms with Crippen molar-refractivity contribution in [2.45, 2.75) is 38.3 Å². The Morgan fingerprint density at radius 3 is 2.29 bits per heavy atom. The van der Waals surface area contributed by atoms with Crippen LogP contribution in [0, 0.1) is 0 Å². The van der Waals surface area contributed by atoms with Crippen LogP contribution in [0.4, 0.5) is 4.79 Å². The molecule has 0 fully saturated rings. The highest BCUT2D eigenvalue weighted by Gasteiger charge is 2.44. The molecule has 35 heavy (non-hydrogen) atoms. The van der Waals surface area contributed by atoms with Crippen LogP contribution in [0.3, 0.4) is 0 Å². The van der Waals surface area contributed by atoms with E-state index in [-0.39, 0.29) is 26.2 Å². The Morgan fingerprint density at radius 1 is 1.00 bits per heavy atom. The lowest BCUT2D eigenvalue weighted by molar-refractivity contribution is -0.154. The third kappa shape index (κ3) is 6.23. The second kappa shape index (κ2) is 11.6.